The molecule has 82 valence electrons. The van der Waals surface area contributed by atoms with E-state index in [1.54, 1.807) is 6.92 Å². The van der Waals surface area contributed by atoms with Crippen molar-refractivity contribution in [1.82, 2.24) is 4.98 Å². The minimum absolute atomic E-state index is 0.218. The Bertz CT molecular complexity index is 379. The molecule has 0 spiro atoms. The molecule has 1 aromatic rings. The molecule has 0 aliphatic heterocycles. The molecule has 15 heavy (non-hydrogen) atoms. The molecule has 0 amide bonds. The Balaban J connectivity index is 2.89. The van der Waals surface area contributed by atoms with Gasteiger partial charge in [-0.05, 0) is 31.9 Å². The fourth-order valence-electron chi connectivity index (χ4n) is 1.55. The second-order valence-corrected chi connectivity index (χ2v) is 3.37. The Morgan fingerprint density at radius 2 is 2.13 bits per heavy atom. The van der Waals surface area contributed by atoms with Gasteiger partial charge in [0.2, 0.25) is 0 Å². The zero-order chi connectivity index (χ0) is 11.4. The predicted octanol–water partition coefficient (Wildman–Crippen LogP) is 1.55. The molecule has 4 heteroatoms. The number of carbonyl (C=O) groups excluding carboxylic acids is 2. The highest BCUT2D eigenvalue weighted by molar-refractivity contribution is 5.79. The van der Waals surface area contributed by atoms with E-state index in [-0.39, 0.29) is 12.4 Å². The van der Waals surface area contributed by atoms with Gasteiger partial charge in [0.15, 0.2) is 6.29 Å². The fourth-order valence-corrected chi connectivity index (χ4v) is 1.55. The smallest absolute Gasteiger partial charge is 0.310 e. The summed E-state index contributed by atoms with van der Waals surface area (Å²) >= 11 is 0. The van der Waals surface area contributed by atoms with E-state index in [1.807, 2.05) is 13.8 Å². The molecular weight excluding hydrogens is 194 g/mol. The van der Waals surface area contributed by atoms with Crippen LogP contribution in [0.2, 0.25) is 0 Å². The van der Waals surface area contributed by atoms with Crippen molar-refractivity contribution in [3.05, 3.63) is 22.5 Å². The van der Waals surface area contributed by atoms with Gasteiger partial charge in [0, 0.05) is 5.69 Å². The van der Waals surface area contributed by atoms with Gasteiger partial charge >= 0.3 is 5.97 Å². The molecule has 0 aromatic carbocycles. The van der Waals surface area contributed by atoms with Crippen molar-refractivity contribution < 1.29 is 14.3 Å². The predicted molar refractivity (Wildman–Crippen MR) is 56.0 cm³/mol. The Morgan fingerprint density at radius 3 is 2.60 bits per heavy atom. The second-order valence-electron chi connectivity index (χ2n) is 3.37. The molecule has 0 radical (unpaired) electrons. The number of aldehydes is 1. The molecular formula is C11H15NO3. The SMILES string of the molecule is CCOC(=O)Cc1c(C)[nH]c(C=O)c1C. The van der Waals surface area contributed by atoms with Crippen molar-refractivity contribution in [3.8, 4) is 0 Å². The highest BCUT2D eigenvalue weighted by Crippen LogP contribution is 2.17. The summed E-state index contributed by atoms with van der Waals surface area (Å²) in [6.07, 6.45) is 0.979. The molecule has 0 fully saturated rings. The zero-order valence-corrected chi connectivity index (χ0v) is 9.22. The third-order valence-corrected chi connectivity index (χ3v) is 2.38. The van der Waals surface area contributed by atoms with Crippen LogP contribution >= 0.6 is 0 Å². The summed E-state index contributed by atoms with van der Waals surface area (Å²) < 4.78 is 4.86. The van der Waals surface area contributed by atoms with E-state index < -0.39 is 0 Å². The Hall–Kier alpha value is -1.58. The normalized spacial score (nSPS) is 10.1. The van der Waals surface area contributed by atoms with Crippen LogP contribution in [0.3, 0.4) is 0 Å². The second kappa shape index (κ2) is 4.77. The molecule has 0 atom stereocenters. The van der Waals surface area contributed by atoms with Crippen molar-refractivity contribution >= 4 is 12.3 Å². The Labute approximate surface area is 88.6 Å². The van der Waals surface area contributed by atoms with Crippen LogP contribution in [0.4, 0.5) is 0 Å². The number of aromatic amines is 1. The number of aryl methyl sites for hydroxylation is 1. The van der Waals surface area contributed by atoms with Crippen LogP contribution in [0.1, 0.15) is 34.2 Å². The maximum atomic E-state index is 11.3. The van der Waals surface area contributed by atoms with Gasteiger partial charge in [0.1, 0.15) is 0 Å². The summed E-state index contributed by atoms with van der Waals surface area (Å²) in [5, 5.41) is 0. The van der Waals surface area contributed by atoms with Gasteiger partial charge in [-0.1, -0.05) is 0 Å². The first-order chi connectivity index (χ1) is 7.10. The number of H-pyrrole nitrogens is 1. The highest BCUT2D eigenvalue weighted by Gasteiger charge is 2.14. The van der Waals surface area contributed by atoms with Gasteiger partial charge in [-0.15, -0.1) is 0 Å². The lowest BCUT2D eigenvalue weighted by Crippen LogP contribution is -2.08. The molecule has 0 saturated heterocycles. The van der Waals surface area contributed by atoms with Crippen LogP contribution in [-0.4, -0.2) is 23.8 Å². The minimum Gasteiger partial charge on any atom is -0.466 e. The highest BCUT2D eigenvalue weighted by atomic mass is 16.5. The van der Waals surface area contributed by atoms with Crippen molar-refractivity contribution in [1.29, 1.82) is 0 Å². The van der Waals surface area contributed by atoms with E-state index in [4.69, 9.17) is 4.74 Å². The van der Waals surface area contributed by atoms with Gasteiger partial charge < -0.3 is 9.72 Å². The summed E-state index contributed by atoms with van der Waals surface area (Å²) in [4.78, 5) is 24.9. The summed E-state index contributed by atoms with van der Waals surface area (Å²) in [5.41, 5.74) is 3.07. The number of hydrogen-bond acceptors (Lipinski definition) is 3. The number of ether oxygens (including phenoxy) is 1. The first-order valence-electron chi connectivity index (χ1n) is 4.89. The van der Waals surface area contributed by atoms with Crippen molar-refractivity contribution in [2.45, 2.75) is 27.2 Å². The van der Waals surface area contributed by atoms with Crippen LogP contribution in [0.5, 0.6) is 0 Å². The van der Waals surface area contributed by atoms with Crippen molar-refractivity contribution in [3.63, 3.8) is 0 Å². The third kappa shape index (κ3) is 2.46. The van der Waals surface area contributed by atoms with Crippen molar-refractivity contribution in [2.75, 3.05) is 6.61 Å². The lowest BCUT2D eigenvalue weighted by Gasteiger charge is -2.02. The number of nitrogens with one attached hydrogen (secondary N) is 1. The number of carbonyl (C=O) groups is 2. The third-order valence-electron chi connectivity index (χ3n) is 2.38. The number of rotatable bonds is 4. The summed E-state index contributed by atoms with van der Waals surface area (Å²) in [6.45, 7) is 5.81. The number of hydrogen-bond donors (Lipinski definition) is 1. The molecule has 0 bridgehead atoms. The summed E-state index contributed by atoms with van der Waals surface area (Å²) in [7, 11) is 0. The molecule has 1 N–H and O–H groups in total. The monoisotopic (exact) mass is 209 g/mol. The van der Waals surface area contributed by atoms with E-state index in [0.29, 0.717) is 12.3 Å². The first-order valence-corrected chi connectivity index (χ1v) is 4.89. The maximum absolute atomic E-state index is 11.3. The molecule has 0 aliphatic rings. The number of esters is 1. The molecule has 4 nitrogen and oxygen atoms in total. The topological polar surface area (TPSA) is 59.2 Å². The first kappa shape index (κ1) is 11.5. The largest absolute Gasteiger partial charge is 0.466 e. The van der Waals surface area contributed by atoms with Crippen LogP contribution < -0.4 is 0 Å². The van der Waals surface area contributed by atoms with Crippen LogP contribution in [0.25, 0.3) is 0 Å². The molecule has 1 aromatic heterocycles. The lowest BCUT2D eigenvalue weighted by atomic mass is 10.1. The van der Waals surface area contributed by atoms with E-state index >= 15 is 0 Å². The maximum Gasteiger partial charge on any atom is 0.310 e. The van der Waals surface area contributed by atoms with Gasteiger partial charge in [-0.3, -0.25) is 9.59 Å². The average Bonchev–Trinajstić information content (AvgIpc) is 2.45. The molecule has 1 rings (SSSR count). The number of aromatic nitrogens is 1. The van der Waals surface area contributed by atoms with E-state index in [2.05, 4.69) is 4.98 Å². The lowest BCUT2D eigenvalue weighted by molar-refractivity contribution is -0.142. The van der Waals surface area contributed by atoms with Crippen LogP contribution in [-0.2, 0) is 16.0 Å². The van der Waals surface area contributed by atoms with Gasteiger partial charge in [0.25, 0.3) is 0 Å². The standard InChI is InChI=1S/C11H15NO3/c1-4-15-11(14)5-9-7(2)10(6-13)12-8(9)3/h6,12H,4-5H2,1-3H3. The zero-order valence-electron chi connectivity index (χ0n) is 9.22. The minimum atomic E-state index is -0.264. The van der Waals surface area contributed by atoms with Gasteiger partial charge in [-0.25, -0.2) is 0 Å². The average molecular weight is 209 g/mol. The van der Waals surface area contributed by atoms with Gasteiger partial charge in [0.05, 0.1) is 18.7 Å². The van der Waals surface area contributed by atoms with Crippen LogP contribution in [0.15, 0.2) is 0 Å². The van der Waals surface area contributed by atoms with Gasteiger partial charge in [-0.2, -0.15) is 0 Å². The fraction of sp³-hybridized carbons (Fsp3) is 0.455. The quantitative estimate of drug-likeness (QED) is 0.604. The molecule has 0 aliphatic carbocycles. The van der Waals surface area contributed by atoms with E-state index in [1.165, 1.54) is 0 Å². The van der Waals surface area contributed by atoms with Crippen molar-refractivity contribution in [2.24, 2.45) is 0 Å². The summed E-state index contributed by atoms with van der Waals surface area (Å²) in [6, 6.07) is 0. The molecule has 1 heterocycles. The van der Waals surface area contributed by atoms with E-state index in [9.17, 15) is 9.59 Å². The molecule has 0 unspecified atom stereocenters. The summed E-state index contributed by atoms with van der Waals surface area (Å²) in [5.74, 6) is -0.264. The van der Waals surface area contributed by atoms with E-state index in [0.717, 1.165) is 23.1 Å². The Morgan fingerprint density at radius 1 is 1.47 bits per heavy atom. The van der Waals surface area contributed by atoms with Crippen LogP contribution in [0, 0.1) is 13.8 Å². The molecule has 0 saturated carbocycles. The Kier molecular flexibility index (Phi) is 3.66.